The zero-order valence-electron chi connectivity index (χ0n) is 13.7. The SMILES string of the molecule is CCCNC(COCC1CCCCC1)c1ccc(C)cc1. The molecule has 1 fully saturated rings. The minimum atomic E-state index is 0.328. The molecule has 1 atom stereocenters. The van der Waals surface area contributed by atoms with Gasteiger partial charge in [0.05, 0.1) is 12.6 Å². The van der Waals surface area contributed by atoms with Crippen molar-refractivity contribution in [2.45, 2.75) is 58.4 Å². The molecular formula is C19H31NO. The van der Waals surface area contributed by atoms with Gasteiger partial charge in [0.15, 0.2) is 0 Å². The van der Waals surface area contributed by atoms with Crippen molar-refractivity contribution in [3.63, 3.8) is 0 Å². The van der Waals surface area contributed by atoms with Gasteiger partial charge < -0.3 is 10.1 Å². The maximum atomic E-state index is 6.05. The highest BCUT2D eigenvalue weighted by molar-refractivity contribution is 5.24. The highest BCUT2D eigenvalue weighted by Crippen LogP contribution is 2.24. The first-order valence-electron chi connectivity index (χ1n) is 8.67. The number of nitrogens with one attached hydrogen (secondary N) is 1. The summed E-state index contributed by atoms with van der Waals surface area (Å²) in [6.07, 6.45) is 8.08. The molecule has 0 radical (unpaired) electrons. The zero-order valence-corrected chi connectivity index (χ0v) is 13.7. The van der Waals surface area contributed by atoms with Gasteiger partial charge in [0.2, 0.25) is 0 Å². The summed E-state index contributed by atoms with van der Waals surface area (Å²) in [4.78, 5) is 0. The van der Waals surface area contributed by atoms with Gasteiger partial charge in [0, 0.05) is 6.61 Å². The van der Waals surface area contributed by atoms with Gasteiger partial charge in [0.25, 0.3) is 0 Å². The van der Waals surface area contributed by atoms with Crippen LogP contribution in [0.5, 0.6) is 0 Å². The summed E-state index contributed by atoms with van der Waals surface area (Å²) < 4.78 is 6.05. The van der Waals surface area contributed by atoms with Crippen molar-refractivity contribution in [1.82, 2.24) is 5.32 Å². The second-order valence-corrected chi connectivity index (χ2v) is 6.46. The van der Waals surface area contributed by atoms with Gasteiger partial charge in [0.1, 0.15) is 0 Å². The van der Waals surface area contributed by atoms with Crippen LogP contribution < -0.4 is 5.32 Å². The molecule has 0 spiro atoms. The van der Waals surface area contributed by atoms with Crippen LogP contribution in [0.4, 0.5) is 0 Å². The van der Waals surface area contributed by atoms with Gasteiger partial charge in [-0.2, -0.15) is 0 Å². The molecule has 1 N–H and O–H groups in total. The van der Waals surface area contributed by atoms with Gasteiger partial charge in [-0.15, -0.1) is 0 Å². The van der Waals surface area contributed by atoms with Gasteiger partial charge in [-0.05, 0) is 44.2 Å². The first-order valence-corrected chi connectivity index (χ1v) is 8.67. The summed E-state index contributed by atoms with van der Waals surface area (Å²) >= 11 is 0. The third kappa shape index (κ3) is 5.80. The van der Waals surface area contributed by atoms with Crippen LogP contribution in [0.25, 0.3) is 0 Å². The lowest BCUT2D eigenvalue weighted by Crippen LogP contribution is -2.27. The lowest BCUT2D eigenvalue weighted by Gasteiger charge is -2.24. The molecule has 1 saturated carbocycles. The van der Waals surface area contributed by atoms with Crippen molar-refractivity contribution in [1.29, 1.82) is 0 Å². The summed E-state index contributed by atoms with van der Waals surface area (Å²) in [5, 5.41) is 3.62. The molecule has 21 heavy (non-hydrogen) atoms. The molecule has 118 valence electrons. The standard InChI is InChI=1S/C19H31NO/c1-3-13-20-19(18-11-9-16(2)10-12-18)15-21-14-17-7-5-4-6-8-17/h9-12,17,19-20H,3-8,13-15H2,1-2H3. The molecule has 1 aromatic rings. The number of hydrogen-bond acceptors (Lipinski definition) is 2. The second kappa shape index (κ2) is 9.22. The maximum absolute atomic E-state index is 6.05. The third-order valence-corrected chi connectivity index (χ3v) is 4.48. The van der Waals surface area contributed by atoms with E-state index in [9.17, 15) is 0 Å². The van der Waals surface area contributed by atoms with Crippen LogP contribution in [0.3, 0.4) is 0 Å². The van der Waals surface area contributed by atoms with E-state index in [0.29, 0.717) is 6.04 Å². The van der Waals surface area contributed by atoms with Crippen LogP contribution in [-0.4, -0.2) is 19.8 Å². The van der Waals surface area contributed by atoms with Crippen LogP contribution >= 0.6 is 0 Å². The van der Waals surface area contributed by atoms with Gasteiger partial charge in [-0.1, -0.05) is 56.0 Å². The summed E-state index contributed by atoms with van der Waals surface area (Å²) in [6, 6.07) is 9.17. The molecule has 0 aliphatic heterocycles. The molecule has 1 unspecified atom stereocenters. The Hall–Kier alpha value is -0.860. The molecule has 0 saturated heterocycles. The average molecular weight is 289 g/mol. The molecular weight excluding hydrogens is 258 g/mol. The van der Waals surface area contributed by atoms with Gasteiger partial charge in [-0.3, -0.25) is 0 Å². The molecule has 2 heteroatoms. The predicted molar refractivity (Wildman–Crippen MR) is 89.6 cm³/mol. The maximum Gasteiger partial charge on any atom is 0.0661 e. The Balaban J connectivity index is 1.82. The van der Waals surface area contributed by atoms with E-state index in [1.807, 2.05) is 0 Å². The number of aryl methyl sites for hydroxylation is 1. The van der Waals surface area contributed by atoms with Crippen molar-refractivity contribution in [2.24, 2.45) is 5.92 Å². The minimum Gasteiger partial charge on any atom is -0.379 e. The molecule has 2 rings (SSSR count). The van der Waals surface area contributed by atoms with Crippen molar-refractivity contribution in [3.05, 3.63) is 35.4 Å². The number of benzene rings is 1. The molecule has 1 aliphatic rings. The van der Waals surface area contributed by atoms with E-state index in [-0.39, 0.29) is 0 Å². The van der Waals surface area contributed by atoms with Crippen LogP contribution in [0.15, 0.2) is 24.3 Å². The normalized spacial score (nSPS) is 17.8. The Morgan fingerprint density at radius 3 is 2.52 bits per heavy atom. The van der Waals surface area contributed by atoms with Crippen LogP contribution in [0, 0.1) is 12.8 Å². The Morgan fingerprint density at radius 1 is 1.14 bits per heavy atom. The molecule has 0 amide bonds. The zero-order chi connectivity index (χ0) is 14.9. The molecule has 0 heterocycles. The summed E-state index contributed by atoms with van der Waals surface area (Å²) in [5.74, 6) is 0.795. The van der Waals surface area contributed by atoms with Gasteiger partial charge >= 0.3 is 0 Å². The lowest BCUT2D eigenvalue weighted by molar-refractivity contribution is 0.0693. The molecule has 1 aromatic carbocycles. The van der Waals surface area contributed by atoms with Crippen molar-refractivity contribution in [2.75, 3.05) is 19.8 Å². The van der Waals surface area contributed by atoms with E-state index in [1.165, 1.54) is 43.2 Å². The van der Waals surface area contributed by atoms with E-state index in [1.54, 1.807) is 0 Å². The van der Waals surface area contributed by atoms with E-state index in [2.05, 4.69) is 43.4 Å². The molecule has 1 aliphatic carbocycles. The van der Waals surface area contributed by atoms with Crippen LogP contribution in [0.1, 0.15) is 62.6 Å². The van der Waals surface area contributed by atoms with Gasteiger partial charge in [-0.25, -0.2) is 0 Å². The first-order chi connectivity index (χ1) is 10.3. The second-order valence-electron chi connectivity index (χ2n) is 6.46. The van der Waals surface area contributed by atoms with E-state index >= 15 is 0 Å². The van der Waals surface area contributed by atoms with E-state index in [4.69, 9.17) is 4.74 Å². The van der Waals surface area contributed by atoms with Crippen molar-refractivity contribution >= 4 is 0 Å². The molecule has 0 aromatic heterocycles. The Kier molecular flexibility index (Phi) is 7.25. The third-order valence-electron chi connectivity index (χ3n) is 4.48. The average Bonchev–Trinajstić information content (AvgIpc) is 2.53. The van der Waals surface area contributed by atoms with Crippen molar-refractivity contribution < 1.29 is 4.74 Å². The highest BCUT2D eigenvalue weighted by Gasteiger charge is 2.15. The quantitative estimate of drug-likeness (QED) is 0.753. The first kappa shape index (κ1) is 16.5. The topological polar surface area (TPSA) is 21.3 Å². The number of rotatable bonds is 8. The predicted octanol–water partition coefficient (Wildman–Crippen LogP) is 4.63. The highest BCUT2D eigenvalue weighted by atomic mass is 16.5. The summed E-state index contributed by atoms with van der Waals surface area (Å²) in [7, 11) is 0. The Labute approximate surface area is 130 Å². The van der Waals surface area contributed by atoms with E-state index < -0.39 is 0 Å². The minimum absolute atomic E-state index is 0.328. The smallest absolute Gasteiger partial charge is 0.0661 e. The summed E-state index contributed by atoms with van der Waals surface area (Å²) in [5.41, 5.74) is 2.66. The monoisotopic (exact) mass is 289 g/mol. The lowest BCUT2D eigenvalue weighted by atomic mass is 9.90. The number of hydrogen-bond donors (Lipinski definition) is 1. The molecule has 2 nitrogen and oxygen atoms in total. The fourth-order valence-corrected chi connectivity index (χ4v) is 3.10. The largest absolute Gasteiger partial charge is 0.379 e. The fourth-order valence-electron chi connectivity index (χ4n) is 3.10. The number of ether oxygens (including phenoxy) is 1. The fraction of sp³-hybridized carbons (Fsp3) is 0.684. The molecule has 0 bridgehead atoms. The van der Waals surface area contributed by atoms with Crippen LogP contribution in [0.2, 0.25) is 0 Å². The Bertz CT molecular complexity index is 381. The Morgan fingerprint density at radius 2 is 1.86 bits per heavy atom. The van der Waals surface area contributed by atoms with Crippen molar-refractivity contribution in [3.8, 4) is 0 Å². The summed E-state index contributed by atoms with van der Waals surface area (Å²) in [6.45, 7) is 7.13. The van der Waals surface area contributed by atoms with E-state index in [0.717, 1.165) is 32.1 Å². The van der Waals surface area contributed by atoms with Crippen LogP contribution in [-0.2, 0) is 4.74 Å².